The van der Waals surface area contributed by atoms with Gasteiger partial charge in [0.1, 0.15) is 11.6 Å². The molecule has 1 saturated carbocycles. The molecule has 0 amide bonds. The van der Waals surface area contributed by atoms with E-state index in [-0.39, 0.29) is 11.2 Å². The van der Waals surface area contributed by atoms with Crippen LogP contribution in [-0.4, -0.2) is 12.4 Å². The van der Waals surface area contributed by atoms with Crippen LogP contribution in [0.1, 0.15) is 44.1 Å². The Morgan fingerprint density at radius 1 is 1.21 bits per heavy atom. The molecule has 1 aromatic carbocycles. The van der Waals surface area contributed by atoms with Crippen LogP contribution in [0.25, 0.3) is 0 Å². The van der Waals surface area contributed by atoms with Gasteiger partial charge in [-0.1, -0.05) is 25.7 Å². The van der Waals surface area contributed by atoms with Crippen molar-refractivity contribution in [2.45, 2.75) is 45.4 Å². The van der Waals surface area contributed by atoms with E-state index in [4.69, 9.17) is 4.74 Å². The molecule has 106 valence electrons. The molecule has 3 heteroatoms. The van der Waals surface area contributed by atoms with Gasteiger partial charge in [-0.3, -0.25) is 0 Å². The first-order valence-corrected chi connectivity index (χ1v) is 7.78. The molecule has 0 saturated heterocycles. The molecule has 0 aromatic heterocycles. The summed E-state index contributed by atoms with van der Waals surface area (Å²) in [6, 6.07) is 4.97. The molecule has 0 atom stereocenters. The average Bonchev–Trinajstić information content (AvgIpc) is 2.66. The molecule has 2 rings (SSSR count). The fourth-order valence-corrected chi connectivity index (χ4v) is 3.18. The van der Waals surface area contributed by atoms with Crippen molar-refractivity contribution < 1.29 is 9.13 Å². The fraction of sp³-hybridized carbons (Fsp3) is 0.625. The summed E-state index contributed by atoms with van der Waals surface area (Å²) in [5.74, 6) is 1.46. The molecular formula is C16H23FOS. The SMILES string of the molecule is Cc1cc(OCC2(CS)CCCCCC2)ccc1F. The molecule has 0 bridgehead atoms. The van der Waals surface area contributed by atoms with E-state index in [1.165, 1.54) is 44.6 Å². The van der Waals surface area contributed by atoms with Gasteiger partial charge in [-0.2, -0.15) is 12.6 Å². The van der Waals surface area contributed by atoms with Gasteiger partial charge < -0.3 is 4.74 Å². The zero-order chi connectivity index (χ0) is 13.7. The summed E-state index contributed by atoms with van der Waals surface area (Å²) in [7, 11) is 0. The molecule has 1 aromatic rings. The second kappa shape index (κ2) is 6.65. The van der Waals surface area contributed by atoms with Crippen molar-refractivity contribution in [3.8, 4) is 5.75 Å². The Morgan fingerprint density at radius 3 is 2.47 bits per heavy atom. The van der Waals surface area contributed by atoms with Crippen molar-refractivity contribution in [2.24, 2.45) is 5.41 Å². The van der Waals surface area contributed by atoms with Gasteiger partial charge in [0, 0.05) is 5.41 Å². The normalized spacial score (nSPS) is 18.9. The maximum atomic E-state index is 13.2. The monoisotopic (exact) mass is 282 g/mol. The number of aryl methyl sites for hydroxylation is 1. The van der Waals surface area contributed by atoms with E-state index in [1.54, 1.807) is 19.1 Å². The fourth-order valence-electron chi connectivity index (χ4n) is 2.77. The van der Waals surface area contributed by atoms with Crippen molar-refractivity contribution >= 4 is 12.6 Å². The quantitative estimate of drug-likeness (QED) is 0.617. The van der Waals surface area contributed by atoms with Gasteiger partial charge in [0.05, 0.1) is 6.61 Å². The van der Waals surface area contributed by atoms with E-state index < -0.39 is 0 Å². The Morgan fingerprint density at radius 2 is 1.89 bits per heavy atom. The van der Waals surface area contributed by atoms with E-state index in [0.29, 0.717) is 12.2 Å². The number of benzene rings is 1. The molecule has 0 spiro atoms. The molecule has 1 fully saturated rings. The highest BCUT2D eigenvalue weighted by Crippen LogP contribution is 2.36. The van der Waals surface area contributed by atoms with Crippen LogP contribution in [0.4, 0.5) is 4.39 Å². The van der Waals surface area contributed by atoms with Crippen molar-refractivity contribution in [1.82, 2.24) is 0 Å². The van der Waals surface area contributed by atoms with Gasteiger partial charge in [-0.15, -0.1) is 0 Å². The standard InChI is InChI=1S/C16H23FOS/c1-13-10-14(6-7-15(13)17)18-11-16(12-19)8-4-2-3-5-9-16/h6-7,10,19H,2-5,8-9,11-12H2,1H3. The second-order valence-electron chi connectivity index (χ2n) is 5.77. The maximum Gasteiger partial charge on any atom is 0.126 e. The predicted octanol–water partition coefficient (Wildman–Crippen LogP) is 4.78. The maximum absolute atomic E-state index is 13.2. The van der Waals surface area contributed by atoms with Crippen molar-refractivity contribution in [3.63, 3.8) is 0 Å². The molecule has 1 nitrogen and oxygen atoms in total. The second-order valence-corrected chi connectivity index (χ2v) is 6.09. The van der Waals surface area contributed by atoms with E-state index in [9.17, 15) is 4.39 Å². The summed E-state index contributed by atoms with van der Waals surface area (Å²) >= 11 is 4.54. The smallest absolute Gasteiger partial charge is 0.126 e. The van der Waals surface area contributed by atoms with Crippen LogP contribution < -0.4 is 4.74 Å². The third-order valence-electron chi connectivity index (χ3n) is 4.17. The van der Waals surface area contributed by atoms with Gasteiger partial charge in [-0.25, -0.2) is 4.39 Å². The summed E-state index contributed by atoms with van der Waals surface area (Å²) in [4.78, 5) is 0. The van der Waals surface area contributed by atoms with Crippen LogP contribution in [0.5, 0.6) is 5.75 Å². The number of thiol groups is 1. The Labute approximate surface area is 121 Å². The van der Waals surface area contributed by atoms with E-state index in [1.807, 2.05) is 0 Å². The topological polar surface area (TPSA) is 9.23 Å². The average molecular weight is 282 g/mol. The van der Waals surface area contributed by atoms with Crippen LogP contribution in [0.2, 0.25) is 0 Å². The predicted molar refractivity (Wildman–Crippen MR) is 80.6 cm³/mol. The molecule has 0 radical (unpaired) electrons. The molecule has 0 N–H and O–H groups in total. The first-order chi connectivity index (χ1) is 9.15. The van der Waals surface area contributed by atoms with Gasteiger partial charge >= 0.3 is 0 Å². The lowest BCUT2D eigenvalue weighted by atomic mass is 9.83. The summed E-state index contributed by atoms with van der Waals surface area (Å²) < 4.78 is 19.1. The zero-order valence-corrected chi connectivity index (χ0v) is 12.5. The zero-order valence-electron chi connectivity index (χ0n) is 11.6. The highest BCUT2D eigenvalue weighted by atomic mass is 32.1. The molecule has 0 unspecified atom stereocenters. The van der Waals surface area contributed by atoms with Gasteiger partial charge in [-0.05, 0) is 49.3 Å². The summed E-state index contributed by atoms with van der Waals surface area (Å²) in [5, 5.41) is 0. The van der Waals surface area contributed by atoms with Crippen LogP contribution in [0, 0.1) is 18.2 Å². The minimum Gasteiger partial charge on any atom is -0.493 e. The summed E-state index contributed by atoms with van der Waals surface area (Å²) in [6.45, 7) is 2.46. The van der Waals surface area contributed by atoms with Crippen molar-refractivity contribution in [1.29, 1.82) is 0 Å². The van der Waals surface area contributed by atoms with Crippen LogP contribution in [0.3, 0.4) is 0 Å². The minimum atomic E-state index is -0.175. The molecule has 19 heavy (non-hydrogen) atoms. The van der Waals surface area contributed by atoms with Crippen molar-refractivity contribution in [2.75, 3.05) is 12.4 Å². The van der Waals surface area contributed by atoms with E-state index in [0.717, 1.165) is 11.5 Å². The lowest BCUT2D eigenvalue weighted by Crippen LogP contribution is -2.30. The summed E-state index contributed by atoms with van der Waals surface area (Å²) in [6.07, 6.45) is 7.57. The number of hydrogen-bond acceptors (Lipinski definition) is 2. The third-order valence-corrected chi connectivity index (χ3v) is 4.84. The lowest BCUT2D eigenvalue weighted by molar-refractivity contribution is 0.148. The molecular weight excluding hydrogens is 259 g/mol. The molecule has 1 aliphatic carbocycles. The van der Waals surface area contributed by atoms with E-state index >= 15 is 0 Å². The summed E-state index contributed by atoms with van der Waals surface area (Å²) in [5.41, 5.74) is 0.834. The van der Waals surface area contributed by atoms with Crippen molar-refractivity contribution in [3.05, 3.63) is 29.6 Å². The number of ether oxygens (including phenoxy) is 1. The Balaban J connectivity index is 2.00. The number of rotatable bonds is 4. The van der Waals surface area contributed by atoms with Crippen LogP contribution in [-0.2, 0) is 0 Å². The lowest BCUT2D eigenvalue weighted by Gasteiger charge is -2.31. The number of halogens is 1. The Hall–Kier alpha value is -0.700. The van der Waals surface area contributed by atoms with E-state index in [2.05, 4.69) is 12.6 Å². The van der Waals surface area contributed by atoms with Crippen LogP contribution >= 0.6 is 12.6 Å². The molecule has 1 aliphatic rings. The van der Waals surface area contributed by atoms with Crippen LogP contribution in [0.15, 0.2) is 18.2 Å². The largest absolute Gasteiger partial charge is 0.493 e. The third kappa shape index (κ3) is 3.88. The first-order valence-electron chi connectivity index (χ1n) is 7.15. The Kier molecular flexibility index (Phi) is 5.14. The Bertz CT molecular complexity index is 411. The minimum absolute atomic E-state index is 0.175. The van der Waals surface area contributed by atoms with Gasteiger partial charge in [0.25, 0.3) is 0 Å². The highest BCUT2D eigenvalue weighted by Gasteiger charge is 2.30. The first kappa shape index (κ1) is 14.7. The highest BCUT2D eigenvalue weighted by molar-refractivity contribution is 7.80. The number of hydrogen-bond donors (Lipinski definition) is 1. The van der Waals surface area contributed by atoms with Gasteiger partial charge in [0.2, 0.25) is 0 Å². The molecule has 0 heterocycles. The molecule has 0 aliphatic heterocycles. The van der Waals surface area contributed by atoms with Gasteiger partial charge in [0.15, 0.2) is 0 Å².